The first kappa shape index (κ1) is 30.8. The van der Waals surface area contributed by atoms with Crippen LogP contribution < -0.4 is 0 Å². The molecule has 0 fully saturated rings. The summed E-state index contributed by atoms with van der Waals surface area (Å²) >= 11 is 3.72. The molecule has 10 aromatic rings. The molecular formula is C51H34S2. The number of hydrogen-bond acceptors (Lipinski definition) is 2. The minimum Gasteiger partial charge on any atom is -0.151 e. The van der Waals surface area contributed by atoms with Crippen LogP contribution in [0.15, 0.2) is 162 Å². The molecule has 0 saturated carbocycles. The smallest absolute Gasteiger partial charge is 0.0434 e. The lowest BCUT2D eigenvalue weighted by Crippen LogP contribution is -1.94. The summed E-state index contributed by atoms with van der Waals surface area (Å²) in [4.78, 5) is 0. The van der Waals surface area contributed by atoms with Crippen LogP contribution in [0.3, 0.4) is 0 Å². The predicted octanol–water partition coefficient (Wildman–Crippen LogP) is 15.8. The van der Waals surface area contributed by atoms with Gasteiger partial charge in [0.25, 0.3) is 0 Å². The van der Waals surface area contributed by atoms with Crippen LogP contribution in [-0.2, 0) is 0 Å². The van der Waals surface area contributed by atoms with E-state index >= 15 is 0 Å². The highest BCUT2D eigenvalue weighted by Crippen LogP contribution is 2.51. The minimum atomic E-state index is 1.08. The van der Waals surface area contributed by atoms with Crippen LogP contribution in [0.5, 0.6) is 0 Å². The fourth-order valence-corrected chi connectivity index (χ4v) is 11.2. The van der Waals surface area contributed by atoms with Gasteiger partial charge in [0.05, 0.1) is 0 Å². The van der Waals surface area contributed by atoms with Crippen molar-refractivity contribution in [2.24, 2.45) is 0 Å². The average molecular weight is 711 g/mol. The zero-order chi connectivity index (χ0) is 35.0. The molecule has 8 aromatic carbocycles. The molecule has 0 bridgehead atoms. The van der Waals surface area contributed by atoms with Crippen LogP contribution in [-0.4, -0.2) is 0 Å². The van der Waals surface area contributed by atoms with Crippen LogP contribution in [0.4, 0.5) is 0 Å². The van der Waals surface area contributed by atoms with Crippen molar-refractivity contribution in [1.82, 2.24) is 0 Å². The van der Waals surface area contributed by atoms with E-state index in [-0.39, 0.29) is 0 Å². The molecule has 0 atom stereocenters. The largest absolute Gasteiger partial charge is 0.151 e. The number of rotatable bonds is 4. The molecule has 2 heteroatoms. The molecular weight excluding hydrogens is 677 g/mol. The Morgan fingerprint density at radius 1 is 0.434 bits per heavy atom. The minimum absolute atomic E-state index is 1.08. The van der Waals surface area contributed by atoms with Gasteiger partial charge < -0.3 is 0 Å². The Morgan fingerprint density at radius 3 is 1.45 bits per heavy atom. The molecule has 2 aromatic heterocycles. The number of fused-ring (bicyclic) bond motifs is 7. The fraction of sp³-hybridized carbons (Fsp3) is 0.0588. The average Bonchev–Trinajstić information content (AvgIpc) is 3.82. The summed E-state index contributed by atoms with van der Waals surface area (Å²) in [6.45, 7) is 2.24. The van der Waals surface area contributed by atoms with Crippen LogP contribution in [0, 0.1) is 6.92 Å². The molecule has 0 amide bonds. The second kappa shape index (κ2) is 12.1. The zero-order valence-electron chi connectivity index (χ0n) is 29.3. The standard InChI is InChI=1S/C51H34S2/c1-31-29-52-30-44(31)49-39-23-11-9-21-37(39)47(38-22-10-12-24-40(38)49)41-25-14-28-45-50(41)43-27-13-26-42(51(43)53-45)48-35-19-7-5-17-33(35)46(32-15-3-2-4-16-32)34-18-6-8-20-36(34)48/h3,5-30H,2,4H2,1H3. The first-order valence-electron chi connectivity index (χ1n) is 18.5. The van der Waals surface area contributed by atoms with Crippen molar-refractivity contribution in [3.63, 3.8) is 0 Å². The van der Waals surface area contributed by atoms with Gasteiger partial charge in [0.2, 0.25) is 0 Å². The quantitative estimate of drug-likeness (QED) is 0.160. The molecule has 0 N–H and O–H groups in total. The van der Waals surface area contributed by atoms with Crippen molar-refractivity contribution < 1.29 is 0 Å². The number of allylic oxidation sites excluding steroid dienone is 4. The van der Waals surface area contributed by atoms with E-state index in [0.29, 0.717) is 0 Å². The van der Waals surface area contributed by atoms with Crippen molar-refractivity contribution in [3.05, 3.63) is 174 Å². The van der Waals surface area contributed by atoms with Gasteiger partial charge in [0, 0.05) is 25.7 Å². The second-order valence-corrected chi connectivity index (χ2v) is 16.0. The van der Waals surface area contributed by atoms with Crippen LogP contribution in [0.25, 0.3) is 102 Å². The summed E-state index contributed by atoms with van der Waals surface area (Å²) in [7, 11) is 0. The summed E-state index contributed by atoms with van der Waals surface area (Å²) in [5.41, 5.74) is 11.9. The van der Waals surface area contributed by atoms with E-state index in [1.54, 1.807) is 11.3 Å². The Bertz CT molecular complexity index is 3070. The molecule has 0 spiro atoms. The molecule has 0 aliphatic heterocycles. The third-order valence-corrected chi connectivity index (χ3v) is 13.4. The van der Waals surface area contributed by atoms with E-state index in [4.69, 9.17) is 0 Å². The SMILES string of the molecule is Cc1cscc1-c1c2ccccc2c(-c2cccc3sc4c(-c5c6ccccc6c(C6=CCCC=C6)c6ccccc56)cccc4c23)c2ccccc12. The molecule has 0 saturated heterocycles. The normalized spacial score (nSPS) is 13.3. The van der Waals surface area contributed by atoms with Gasteiger partial charge in [-0.25, -0.2) is 0 Å². The van der Waals surface area contributed by atoms with Gasteiger partial charge in [0.1, 0.15) is 0 Å². The second-order valence-electron chi connectivity index (χ2n) is 14.3. The van der Waals surface area contributed by atoms with Crippen LogP contribution in [0.1, 0.15) is 24.0 Å². The molecule has 2 heterocycles. The summed E-state index contributed by atoms with van der Waals surface area (Å²) in [6.07, 6.45) is 9.26. The maximum absolute atomic E-state index is 2.42. The number of thiophene rings is 2. The van der Waals surface area contributed by atoms with Crippen LogP contribution in [0.2, 0.25) is 0 Å². The van der Waals surface area contributed by atoms with Gasteiger partial charge in [-0.05, 0) is 124 Å². The monoisotopic (exact) mass is 710 g/mol. The summed E-state index contributed by atoms with van der Waals surface area (Å²) in [5, 5.41) is 17.7. The molecule has 0 unspecified atom stereocenters. The predicted molar refractivity (Wildman–Crippen MR) is 235 cm³/mol. The maximum atomic E-state index is 2.42. The third kappa shape index (κ3) is 4.59. The van der Waals surface area contributed by atoms with Crippen molar-refractivity contribution in [3.8, 4) is 33.4 Å². The van der Waals surface area contributed by atoms with E-state index in [2.05, 4.69) is 169 Å². The number of aryl methyl sites for hydroxylation is 1. The lowest BCUT2D eigenvalue weighted by molar-refractivity contribution is 1.04. The highest BCUT2D eigenvalue weighted by atomic mass is 32.1. The molecule has 11 rings (SSSR count). The maximum Gasteiger partial charge on any atom is 0.0434 e. The summed E-state index contributed by atoms with van der Waals surface area (Å²) < 4.78 is 2.66. The molecule has 0 nitrogen and oxygen atoms in total. The van der Waals surface area contributed by atoms with E-state index in [1.807, 2.05) is 11.3 Å². The highest BCUT2D eigenvalue weighted by Gasteiger charge is 2.23. The number of benzene rings is 8. The van der Waals surface area contributed by atoms with Crippen molar-refractivity contribution in [1.29, 1.82) is 0 Å². The first-order chi connectivity index (χ1) is 26.3. The Kier molecular flexibility index (Phi) is 7.05. The molecule has 0 radical (unpaired) electrons. The fourth-order valence-electron chi connectivity index (χ4n) is 9.11. The molecule has 1 aliphatic rings. The van der Waals surface area contributed by atoms with Gasteiger partial charge in [-0.1, -0.05) is 146 Å². The summed E-state index contributed by atoms with van der Waals surface area (Å²) in [6, 6.07) is 50.1. The van der Waals surface area contributed by atoms with Gasteiger partial charge in [-0.3, -0.25) is 0 Å². The van der Waals surface area contributed by atoms with Crippen molar-refractivity contribution >= 4 is 91.5 Å². The lowest BCUT2D eigenvalue weighted by Gasteiger charge is -2.19. The Morgan fingerprint density at radius 2 is 0.925 bits per heavy atom. The Hall–Kier alpha value is -5.80. The molecule has 53 heavy (non-hydrogen) atoms. The van der Waals surface area contributed by atoms with E-state index < -0.39 is 0 Å². The lowest BCUT2D eigenvalue weighted by atomic mass is 9.84. The third-order valence-electron chi connectivity index (χ3n) is 11.3. The highest BCUT2D eigenvalue weighted by molar-refractivity contribution is 7.26. The number of hydrogen-bond donors (Lipinski definition) is 0. The Labute approximate surface area is 316 Å². The zero-order valence-corrected chi connectivity index (χ0v) is 31.0. The van der Waals surface area contributed by atoms with Gasteiger partial charge >= 0.3 is 0 Å². The Balaban J connectivity index is 1.24. The van der Waals surface area contributed by atoms with E-state index in [0.717, 1.165) is 12.8 Å². The summed E-state index contributed by atoms with van der Waals surface area (Å²) in [5.74, 6) is 0. The van der Waals surface area contributed by atoms with E-state index in [1.165, 1.54) is 113 Å². The van der Waals surface area contributed by atoms with Gasteiger partial charge in [0.15, 0.2) is 0 Å². The van der Waals surface area contributed by atoms with Gasteiger partial charge in [-0.15, -0.1) is 11.3 Å². The van der Waals surface area contributed by atoms with Crippen molar-refractivity contribution in [2.75, 3.05) is 0 Å². The molecule has 250 valence electrons. The van der Waals surface area contributed by atoms with Crippen LogP contribution >= 0.6 is 22.7 Å². The van der Waals surface area contributed by atoms with E-state index in [9.17, 15) is 0 Å². The van der Waals surface area contributed by atoms with Gasteiger partial charge in [-0.2, -0.15) is 11.3 Å². The topological polar surface area (TPSA) is 0 Å². The molecule has 1 aliphatic carbocycles. The van der Waals surface area contributed by atoms with Crippen molar-refractivity contribution in [2.45, 2.75) is 19.8 Å². The first-order valence-corrected chi connectivity index (χ1v) is 20.2.